The molecule has 2 aromatic carbocycles. The van der Waals surface area contributed by atoms with Crippen molar-refractivity contribution < 1.29 is 14.3 Å². The number of hydrogen-bond acceptors (Lipinski definition) is 4. The van der Waals surface area contributed by atoms with E-state index in [1.165, 1.54) is 5.56 Å². The molecule has 1 aromatic heterocycles. The van der Waals surface area contributed by atoms with Crippen molar-refractivity contribution in [3.05, 3.63) is 70.6 Å². The second kappa shape index (κ2) is 11.3. The third kappa shape index (κ3) is 6.18. The Kier molecular flexibility index (Phi) is 8.24. The average molecular weight is 423 g/mol. The predicted octanol–water partition coefficient (Wildman–Crippen LogP) is 4.40. The summed E-state index contributed by atoms with van der Waals surface area (Å²) in [5.41, 5.74) is 1.90. The number of aryl methyl sites for hydroxylation is 1. The Labute approximate surface area is 182 Å². The lowest BCUT2D eigenvalue weighted by atomic mass is 10.1. The number of aromatic nitrogens is 1. The fourth-order valence-corrected chi connectivity index (χ4v) is 3.37. The average Bonchev–Trinajstić information content (AvgIpc) is 2.79. The molecule has 3 aromatic rings. The summed E-state index contributed by atoms with van der Waals surface area (Å²) in [4.78, 5) is 25.1. The first-order chi connectivity index (χ1) is 15.1. The first kappa shape index (κ1) is 22.6. The zero-order chi connectivity index (χ0) is 22.1. The van der Waals surface area contributed by atoms with Crippen LogP contribution in [0.4, 0.5) is 5.69 Å². The van der Waals surface area contributed by atoms with Crippen LogP contribution in [0.25, 0.3) is 10.8 Å². The van der Waals surface area contributed by atoms with Gasteiger partial charge in [0, 0.05) is 30.4 Å². The maximum absolute atomic E-state index is 12.7. The molecule has 1 amide bonds. The molecule has 0 atom stereocenters. The van der Waals surface area contributed by atoms with Crippen LogP contribution in [-0.2, 0) is 22.5 Å². The molecule has 0 saturated heterocycles. The first-order valence-corrected chi connectivity index (χ1v) is 10.8. The van der Waals surface area contributed by atoms with Gasteiger partial charge in [0.05, 0.1) is 12.0 Å². The highest BCUT2D eigenvalue weighted by Gasteiger charge is 2.10. The molecule has 0 saturated carbocycles. The van der Waals surface area contributed by atoms with Gasteiger partial charge in [-0.1, -0.05) is 31.5 Å². The van der Waals surface area contributed by atoms with Crippen molar-refractivity contribution in [3.8, 4) is 5.75 Å². The monoisotopic (exact) mass is 422 g/mol. The van der Waals surface area contributed by atoms with Gasteiger partial charge in [0.1, 0.15) is 5.75 Å². The molecule has 31 heavy (non-hydrogen) atoms. The smallest absolute Gasteiger partial charge is 0.262 e. The van der Waals surface area contributed by atoms with Gasteiger partial charge in [-0.3, -0.25) is 9.59 Å². The van der Waals surface area contributed by atoms with E-state index < -0.39 is 0 Å². The van der Waals surface area contributed by atoms with E-state index in [-0.39, 0.29) is 18.1 Å². The Balaban J connectivity index is 1.63. The number of carbonyl (C=O) groups is 1. The zero-order valence-electron chi connectivity index (χ0n) is 18.2. The standard InChI is InChI=1S/C25H30N2O4/c1-3-5-7-19-10-12-20(13-11-19)26-24(28)18-31-23-9-6-8-22-21(23)14-15-27(25(22)29)16-17-30-4-2/h6,8-15H,3-5,7,16-18H2,1-2H3,(H,26,28). The van der Waals surface area contributed by atoms with Crippen LogP contribution in [0, 0.1) is 0 Å². The summed E-state index contributed by atoms with van der Waals surface area (Å²) < 4.78 is 12.7. The second-order valence-electron chi connectivity index (χ2n) is 7.37. The predicted molar refractivity (Wildman–Crippen MR) is 124 cm³/mol. The number of nitrogens with one attached hydrogen (secondary N) is 1. The van der Waals surface area contributed by atoms with Gasteiger partial charge in [-0.15, -0.1) is 0 Å². The lowest BCUT2D eigenvalue weighted by Gasteiger charge is -2.12. The highest BCUT2D eigenvalue weighted by molar-refractivity contribution is 5.92. The number of hydrogen-bond donors (Lipinski definition) is 1. The molecule has 0 aliphatic rings. The molecule has 6 nitrogen and oxygen atoms in total. The van der Waals surface area contributed by atoms with Gasteiger partial charge in [-0.05, 0) is 55.7 Å². The highest BCUT2D eigenvalue weighted by atomic mass is 16.5. The van der Waals surface area contributed by atoms with Crippen molar-refractivity contribution in [2.75, 3.05) is 25.1 Å². The third-order valence-corrected chi connectivity index (χ3v) is 5.07. The van der Waals surface area contributed by atoms with Gasteiger partial charge in [-0.2, -0.15) is 0 Å². The minimum absolute atomic E-state index is 0.102. The summed E-state index contributed by atoms with van der Waals surface area (Å²) in [7, 11) is 0. The maximum atomic E-state index is 12.7. The van der Waals surface area contributed by atoms with Crippen molar-refractivity contribution in [1.29, 1.82) is 0 Å². The summed E-state index contributed by atoms with van der Waals surface area (Å²) in [6.07, 6.45) is 5.09. The van der Waals surface area contributed by atoms with Crippen LogP contribution in [0.2, 0.25) is 0 Å². The molecule has 0 aliphatic carbocycles. The van der Waals surface area contributed by atoms with Gasteiger partial charge < -0.3 is 19.4 Å². The number of amides is 1. The number of nitrogens with zero attached hydrogens (tertiary/aromatic N) is 1. The van der Waals surface area contributed by atoms with Gasteiger partial charge in [0.25, 0.3) is 11.5 Å². The molecule has 0 spiro atoms. The number of rotatable bonds is 11. The largest absolute Gasteiger partial charge is 0.483 e. The number of anilines is 1. The number of ether oxygens (including phenoxy) is 2. The number of carbonyl (C=O) groups excluding carboxylic acids is 1. The quantitative estimate of drug-likeness (QED) is 0.465. The molecule has 0 aliphatic heterocycles. The highest BCUT2D eigenvalue weighted by Crippen LogP contribution is 2.23. The summed E-state index contributed by atoms with van der Waals surface area (Å²) in [5.74, 6) is 0.264. The van der Waals surface area contributed by atoms with Gasteiger partial charge in [0.15, 0.2) is 6.61 Å². The number of benzene rings is 2. The Morgan fingerprint density at radius 1 is 1.03 bits per heavy atom. The van der Waals surface area contributed by atoms with Crippen molar-refractivity contribution >= 4 is 22.4 Å². The number of unbranched alkanes of at least 4 members (excludes halogenated alkanes) is 1. The molecular weight excluding hydrogens is 392 g/mol. The van der Waals surface area contributed by atoms with E-state index in [1.54, 1.807) is 29.0 Å². The molecule has 0 radical (unpaired) electrons. The summed E-state index contributed by atoms with van der Waals surface area (Å²) in [6, 6.07) is 15.0. The molecule has 0 bridgehead atoms. The lowest BCUT2D eigenvalue weighted by molar-refractivity contribution is -0.118. The lowest BCUT2D eigenvalue weighted by Crippen LogP contribution is -2.22. The van der Waals surface area contributed by atoms with Crippen LogP contribution in [0.5, 0.6) is 5.75 Å². The summed E-state index contributed by atoms with van der Waals surface area (Å²) in [5, 5.41) is 4.09. The molecule has 6 heteroatoms. The minimum atomic E-state index is -0.247. The summed E-state index contributed by atoms with van der Waals surface area (Å²) >= 11 is 0. The normalized spacial score (nSPS) is 10.9. The molecule has 3 rings (SSSR count). The van der Waals surface area contributed by atoms with E-state index in [9.17, 15) is 9.59 Å². The summed E-state index contributed by atoms with van der Waals surface area (Å²) in [6.45, 7) is 5.55. The molecule has 0 unspecified atom stereocenters. The molecule has 1 heterocycles. The van der Waals surface area contributed by atoms with Crippen LogP contribution < -0.4 is 15.6 Å². The minimum Gasteiger partial charge on any atom is -0.483 e. The van der Waals surface area contributed by atoms with Gasteiger partial charge in [-0.25, -0.2) is 0 Å². The Bertz CT molecular complexity index is 1060. The fraction of sp³-hybridized carbons (Fsp3) is 0.360. The van der Waals surface area contributed by atoms with Crippen molar-refractivity contribution in [2.45, 2.75) is 39.7 Å². The number of fused-ring (bicyclic) bond motifs is 1. The molecule has 1 N–H and O–H groups in total. The maximum Gasteiger partial charge on any atom is 0.262 e. The van der Waals surface area contributed by atoms with Crippen molar-refractivity contribution in [3.63, 3.8) is 0 Å². The molecule has 0 fully saturated rings. The first-order valence-electron chi connectivity index (χ1n) is 10.8. The van der Waals surface area contributed by atoms with Gasteiger partial charge in [0.2, 0.25) is 0 Å². The van der Waals surface area contributed by atoms with Crippen LogP contribution in [0.1, 0.15) is 32.3 Å². The Morgan fingerprint density at radius 2 is 1.84 bits per heavy atom. The van der Waals surface area contributed by atoms with Crippen LogP contribution in [0.3, 0.4) is 0 Å². The Hall–Kier alpha value is -3.12. The Morgan fingerprint density at radius 3 is 2.58 bits per heavy atom. The van der Waals surface area contributed by atoms with E-state index in [0.717, 1.165) is 24.9 Å². The molecule has 164 valence electrons. The van der Waals surface area contributed by atoms with E-state index in [2.05, 4.69) is 12.2 Å². The van der Waals surface area contributed by atoms with E-state index in [4.69, 9.17) is 9.47 Å². The zero-order valence-corrected chi connectivity index (χ0v) is 18.2. The van der Waals surface area contributed by atoms with Crippen molar-refractivity contribution in [2.24, 2.45) is 0 Å². The number of pyridine rings is 1. The third-order valence-electron chi connectivity index (χ3n) is 5.07. The van der Waals surface area contributed by atoms with Gasteiger partial charge >= 0.3 is 0 Å². The van der Waals surface area contributed by atoms with Crippen LogP contribution in [-0.4, -0.2) is 30.3 Å². The van der Waals surface area contributed by atoms with Crippen LogP contribution in [0.15, 0.2) is 59.5 Å². The molecular formula is C25H30N2O4. The topological polar surface area (TPSA) is 69.6 Å². The van der Waals surface area contributed by atoms with E-state index in [0.29, 0.717) is 36.3 Å². The van der Waals surface area contributed by atoms with E-state index in [1.807, 2.05) is 37.3 Å². The van der Waals surface area contributed by atoms with Crippen molar-refractivity contribution in [1.82, 2.24) is 4.57 Å². The van der Waals surface area contributed by atoms with E-state index >= 15 is 0 Å². The SMILES string of the molecule is CCCCc1ccc(NC(=O)COc2cccc3c(=O)n(CCOCC)ccc23)cc1. The van der Waals surface area contributed by atoms with Crippen LogP contribution >= 0.6 is 0 Å². The fourth-order valence-electron chi connectivity index (χ4n) is 3.37. The second-order valence-corrected chi connectivity index (χ2v) is 7.37.